The molecule has 1 aliphatic carbocycles. The number of fused-ring (bicyclic) bond motifs is 3. The van der Waals surface area contributed by atoms with Crippen LogP contribution in [0.1, 0.15) is 157 Å². The highest BCUT2D eigenvalue weighted by molar-refractivity contribution is 7.14. The van der Waals surface area contributed by atoms with Crippen LogP contribution >= 0.6 is 22.7 Å². The standard InChI is InChI=1S/C73H69N3O4S2/c1-4-6-8-10-12-22-44-73(45-23-13-11-9-7-5-2)66-29-21-20-28-62(66)63-41-38-59(49-67(63)73)76(57-34-30-52(31-35-57)46-64(54-24-16-14-17-25-54)69-42-39-60(81-69)48-56(51-74)71(77)78)58-36-32-53(33-37-58)47-65(55-26-18-15-19-27-55)70-43-40-61(82-70)50-68(75-3)72(79)80/h14-21,24-43,46-50H,4-13,22-23,44-45H2,1-2H3,(H,77,78)(H,79,80). The van der Waals surface area contributed by atoms with Crippen LogP contribution in [0.3, 0.4) is 0 Å². The van der Waals surface area contributed by atoms with Crippen molar-refractivity contribution >= 4 is 87.1 Å². The molecule has 1 aliphatic rings. The van der Waals surface area contributed by atoms with Crippen LogP contribution in [-0.4, -0.2) is 22.2 Å². The van der Waals surface area contributed by atoms with Gasteiger partial charge in [0.05, 0.1) is 6.57 Å². The van der Waals surface area contributed by atoms with Crippen molar-refractivity contribution in [3.8, 4) is 17.2 Å². The van der Waals surface area contributed by atoms with Crippen LogP contribution in [0, 0.1) is 17.9 Å². The van der Waals surface area contributed by atoms with Gasteiger partial charge in [0.2, 0.25) is 0 Å². The molecule has 412 valence electrons. The quantitative estimate of drug-likeness (QED) is 0.0175. The summed E-state index contributed by atoms with van der Waals surface area (Å²) in [4.78, 5) is 32.4. The predicted octanol–water partition coefficient (Wildman–Crippen LogP) is 20.6. The molecule has 2 heterocycles. The number of thiophene rings is 2. The molecule has 0 atom stereocenters. The van der Waals surface area contributed by atoms with E-state index in [9.17, 15) is 25.1 Å². The molecule has 2 aromatic heterocycles. The fourth-order valence-electron chi connectivity index (χ4n) is 11.4. The molecule has 0 spiro atoms. The van der Waals surface area contributed by atoms with Crippen molar-refractivity contribution in [2.45, 2.75) is 109 Å². The van der Waals surface area contributed by atoms with Gasteiger partial charge in [0.15, 0.2) is 0 Å². The summed E-state index contributed by atoms with van der Waals surface area (Å²) in [7, 11) is 0. The Balaban J connectivity index is 1.15. The maximum absolute atomic E-state index is 11.8. The lowest BCUT2D eigenvalue weighted by atomic mass is 9.70. The molecule has 82 heavy (non-hydrogen) atoms. The summed E-state index contributed by atoms with van der Waals surface area (Å²) in [6.07, 6.45) is 24.4. The van der Waals surface area contributed by atoms with E-state index in [1.54, 1.807) is 6.07 Å². The zero-order valence-electron chi connectivity index (χ0n) is 46.8. The Morgan fingerprint density at radius 2 is 0.988 bits per heavy atom. The van der Waals surface area contributed by atoms with Gasteiger partial charge in [-0.2, -0.15) is 5.26 Å². The van der Waals surface area contributed by atoms with Crippen molar-refractivity contribution in [1.82, 2.24) is 0 Å². The SMILES string of the molecule is [C-]#[N+]C(=Cc1ccc(C(=Cc2ccc(N(c3ccc(C=C(c4ccccc4)c4ccc(C=C(C#N)C(=O)O)s4)cc3)c3ccc4c(c3)C(CCCCCCCC)(CCCCCCCC)c3ccccc3-4)cc2)c2ccccc2)s1)C(=O)O. The van der Waals surface area contributed by atoms with Gasteiger partial charge in [-0.15, -0.1) is 22.7 Å². The molecule has 0 fully saturated rings. The van der Waals surface area contributed by atoms with Crippen molar-refractivity contribution in [2.24, 2.45) is 0 Å². The minimum Gasteiger partial charge on any atom is -0.486 e. The Morgan fingerprint density at radius 1 is 0.524 bits per heavy atom. The minimum absolute atomic E-state index is 0.113. The summed E-state index contributed by atoms with van der Waals surface area (Å²) in [6.45, 7) is 12.0. The van der Waals surface area contributed by atoms with E-state index >= 15 is 0 Å². The third-order valence-corrected chi connectivity index (χ3v) is 17.7. The Hall–Kier alpha value is -8.60. The molecule has 2 N–H and O–H groups in total. The first-order valence-corrected chi connectivity index (χ1v) is 30.4. The van der Waals surface area contributed by atoms with E-state index in [1.165, 1.54) is 134 Å². The molecule has 9 heteroatoms. The zero-order chi connectivity index (χ0) is 57.3. The van der Waals surface area contributed by atoms with E-state index in [0.29, 0.717) is 9.75 Å². The summed E-state index contributed by atoms with van der Waals surface area (Å²) in [5.74, 6) is -2.50. The van der Waals surface area contributed by atoms with Gasteiger partial charge in [0.25, 0.3) is 5.70 Å². The number of unbranched alkanes of at least 4 members (excludes halogenated alkanes) is 10. The van der Waals surface area contributed by atoms with Crippen molar-refractivity contribution in [1.29, 1.82) is 5.26 Å². The average Bonchev–Trinajstić information content (AvgIpc) is 3.41. The third-order valence-electron chi connectivity index (χ3n) is 15.6. The van der Waals surface area contributed by atoms with E-state index in [0.717, 1.165) is 73.1 Å². The number of hydrogen-bond acceptors (Lipinski definition) is 6. The number of nitriles is 1. The second-order valence-electron chi connectivity index (χ2n) is 21.1. The Kier molecular flexibility index (Phi) is 20.0. The summed E-state index contributed by atoms with van der Waals surface area (Å²) in [5.41, 5.74) is 13.9. The van der Waals surface area contributed by atoms with Crippen LogP contribution in [0.5, 0.6) is 0 Å². The van der Waals surface area contributed by atoms with E-state index in [4.69, 9.17) is 6.57 Å². The van der Waals surface area contributed by atoms with Crippen LogP contribution in [-0.2, 0) is 15.0 Å². The Labute approximate surface area is 492 Å². The lowest BCUT2D eigenvalue weighted by molar-refractivity contribution is -0.133. The lowest BCUT2D eigenvalue weighted by Gasteiger charge is -2.34. The number of hydrogen-bond donors (Lipinski definition) is 2. The molecule has 0 bridgehead atoms. The van der Waals surface area contributed by atoms with Crippen LogP contribution < -0.4 is 4.90 Å². The third kappa shape index (κ3) is 13.9. The summed E-state index contributed by atoms with van der Waals surface area (Å²) < 4.78 is 0. The Bertz CT molecular complexity index is 3510. The van der Waals surface area contributed by atoms with Crippen molar-refractivity contribution in [2.75, 3.05) is 4.90 Å². The smallest absolute Gasteiger partial charge is 0.346 e. The first kappa shape index (κ1) is 58.1. The fraction of sp³-hybridized carbons (Fsp3) is 0.233. The van der Waals surface area contributed by atoms with Crippen LogP contribution in [0.2, 0.25) is 0 Å². The zero-order valence-corrected chi connectivity index (χ0v) is 48.5. The van der Waals surface area contributed by atoms with Crippen molar-refractivity contribution < 1.29 is 19.8 Å². The van der Waals surface area contributed by atoms with Crippen LogP contribution in [0.15, 0.2) is 187 Å². The summed E-state index contributed by atoms with van der Waals surface area (Å²) >= 11 is 2.90. The van der Waals surface area contributed by atoms with Gasteiger partial charge < -0.3 is 15.1 Å². The maximum Gasteiger partial charge on any atom is 0.346 e. The molecule has 0 aliphatic heterocycles. The summed E-state index contributed by atoms with van der Waals surface area (Å²) in [5, 5.41) is 28.7. The molecule has 6 aromatic carbocycles. The van der Waals surface area contributed by atoms with E-state index in [1.807, 2.05) is 60.7 Å². The predicted molar refractivity (Wildman–Crippen MR) is 342 cm³/mol. The normalized spacial score (nSPS) is 13.0. The molecule has 7 nitrogen and oxygen atoms in total. The number of carboxylic acid groups (broad SMARTS) is 2. The van der Waals surface area contributed by atoms with Gasteiger partial charge >= 0.3 is 11.9 Å². The minimum atomic E-state index is -1.25. The monoisotopic (exact) mass is 1120 g/mol. The van der Waals surface area contributed by atoms with E-state index < -0.39 is 11.9 Å². The van der Waals surface area contributed by atoms with Crippen LogP contribution in [0.25, 0.3) is 51.4 Å². The molecular weight excluding hydrogens is 1050 g/mol. The Morgan fingerprint density at radius 3 is 1.48 bits per heavy atom. The first-order chi connectivity index (χ1) is 40.1. The number of nitrogens with zero attached hydrogens (tertiary/aromatic N) is 3. The highest BCUT2D eigenvalue weighted by Crippen LogP contribution is 2.56. The number of anilines is 3. The number of carboxylic acids is 2. The summed E-state index contributed by atoms with van der Waals surface area (Å²) in [6, 6.07) is 63.6. The van der Waals surface area contributed by atoms with Gasteiger partial charge in [-0.3, -0.25) is 4.79 Å². The van der Waals surface area contributed by atoms with Gasteiger partial charge in [0.1, 0.15) is 11.6 Å². The van der Waals surface area contributed by atoms with E-state index in [-0.39, 0.29) is 16.7 Å². The molecule has 0 unspecified atom stereocenters. The van der Waals surface area contributed by atoms with Crippen molar-refractivity contribution in [3.05, 3.63) is 252 Å². The van der Waals surface area contributed by atoms with E-state index in [2.05, 4.69) is 151 Å². The number of aliphatic carboxylic acids is 2. The highest BCUT2D eigenvalue weighted by Gasteiger charge is 2.42. The molecular formula is C73H69N3O4S2. The number of rotatable bonds is 27. The van der Waals surface area contributed by atoms with Gasteiger partial charge in [-0.1, -0.05) is 206 Å². The van der Waals surface area contributed by atoms with Gasteiger partial charge in [0, 0.05) is 42.0 Å². The van der Waals surface area contributed by atoms with Crippen molar-refractivity contribution in [3.63, 3.8) is 0 Å². The molecule has 0 saturated heterocycles. The number of carbonyl (C=O) groups is 2. The fourth-order valence-corrected chi connectivity index (χ4v) is 13.4. The average molecular weight is 1120 g/mol. The second-order valence-corrected chi connectivity index (χ2v) is 23.3. The van der Waals surface area contributed by atoms with Gasteiger partial charge in [-0.25, -0.2) is 9.64 Å². The number of benzene rings is 6. The first-order valence-electron chi connectivity index (χ1n) is 28.8. The molecule has 8 aromatic rings. The largest absolute Gasteiger partial charge is 0.486 e. The maximum atomic E-state index is 11.8. The molecule has 0 radical (unpaired) electrons. The molecule has 0 saturated carbocycles. The van der Waals surface area contributed by atoms with Crippen LogP contribution in [0.4, 0.5) is 17.1 Å². The molecule has 9 rings (SSSR count). The van der Waals surface area contributed by atoms with Gasteiger partial charge in [-0.05, 0) is 153 Å². The lowest BCUT2D eigenvalue weighted by Crippen LogP contribution is -2.26. The second kappa shape index (κ2) is 28.2. The highest BCUT2D eigenvalue weighted by atomic mass is 32.1. The molecule has 0 amide bonds. The topological polar surface area (TPSA) is 106 Å².